The molecule has 0 unspecified atom stereocenters. The monoisotopic (exact) mass is 176 g/mol. The van der Waals surface area contributed by atoms with Crippen molar-refractivity contribution in [3.05, 3.63) is 34.9 Å². The first-order valence-electron chi connectivity index (χ1n) is 4.35. The summed E-state index contributed by atoms with van der Waals surface area (Å²) in [7, 11) is 0. The minimum atomic E-state index is -0.460. The Morgan fingerprint density at radius 2 is 2.00 bits per heavy atom. The van der Waals surface area contributed by atoms with Crippen LogP contribution in [-0.2, 0) is 10.3 Å². The first-order chi connectivity index (χ1) is 6.00. The van der Waals surface area contributed by atoms with Crippen molar-refractivity contribution in [2.75, 3.05) is 0 Å². The largest absolute Gasteiger partial charge is 0.451 e. The fourth-order valence-electron chi connectivity index (χ4n) is 1.68. The van der Waals surface area contributed by atoms with Crippen molar-refractivity contribution in [1.82, 2.24) is 0 Å². The SMILES string of the molecule is Cc1ccc2c(c1)C(C)(C)OC2=O. The summed E-state index contributed by atoms with van der Waals surface area (Å²) in [6.45, 7) is 5.84. The van der Waals surface area contributed by atoms with E-state index in [1.54, 1.807) is 0 Å². The highest BCUT2D eigenvalue weighted by Gasteiger charge is 2.37. The first-order valence-corrected chi connectivity index (χ1v) is 4.35. The Balaban J connectivity index is 2.66. The van der Waals surface area contributed by atoms with Gasteiger partial charge in [-0.15, -0.1) is 0 Å². The lowest BCUT2D eigenvalue weighted by atomic mass is 9.94. The van der Waals surface area contributed by atoms with Gasteiger partial charge in [0.05, 0.1) is 5.56 Å². The predicted molar refractivity (Wildman–Crippen MR) is 49.6 cm³/mol. The van der Waals surface area contributed by atoms with E-state index in [1.807, 2.05) is 39.0 Å². The summed E-state index contributed by atoms with van der Waals surface area (Å²) in [6, 6.07) is 5.78. The molecule has 2 rings (SSSR count). The van der Waals surface area contributed by atoms with Gasteiger partial charge in [0, 0.05) is 5.56 Å². The Morgan fingerprint density at radius 1 is 1.31 bits per heavy atom. The number of rotatable bonds is 0. The molecule has 2 nitrogen and oxygen atoms in total. The molecule has 2 heteroatoms. The number of carbonyl (C=O) groups excluding carboxylic acids is 1. The number of cyclic esters (lactones) is 1. The van der Waals surface area contributed by atoms with E-state index in [4.69, 9.17) is 4.74 Å². The van der Waals surface area contributed by atoms with E-state index >= 15 is 0 Å². The van der Waals surface area contributed by atoms with E-state index in [2.05, 4.69) is 0 Å². The number of esters is 1. The van der Waals surface area contributed by atoms with Crippen molar-refractivity contribution in [1.29, 1.82) is 0 Å². The van der Waals surface area contributed by atoms with E-state index < -0.39 is 5.60 Å². The zero-order valence-corrected chi connectivity index (χ0v) is 8.05. The summed E-state index contributed by atoms with van der Waals surface area (Å²) >= 11 is 0. The molecule has 13 heavy (non-hydrogen) atoms. The number of hydrogen-bond acceptors (Lipinski definition) is 2. The van der Waals surface area contributed by atoms with Crippen LogP contribution >= 0.6 is 0 Å². The van der Waals surface area contributed by atoms with Gasteiger partial charge >= 0.3 is 5.97 Å². The maximum absolute atomic E-state index is 11.4. The van der Waals surface area contributed by atoms with Crippen LogP contribution in [-0.4, -0.2) is 5.97 Å². The molecule has 68 valence electrons. The van der Waals surface area contributed by atoms with Gasteiger partial charge in [0.15, 0.2) is 0 Å². The molecular formula is C11H12O2. The summed E-state index contributed by atoms with van der Waals surface area (Å²) in [6.07, 6.45) is 0. The van der Waals surface area contributed by atoms with Crippen LogP contribution < -0.4 is 0 Å². The Morgan fingerprint density at radius 3 is 2.69 bits per heavy atom. The minimum absolute atomic E-state index is 0.208. The Hall–Kier alpha value is -1.31. The normalized spacial score (nSPS) is 18.2. The highest BCUT2D eigenvalue weighted by molar-refractivity contribution is 5.94. The molecule has 0 radical (unpaired) electrons. The number of benzene rings is 1. The third-order valence-corrected chi connectivity index (χ3v) is 2.39. The van der Waals surface area contributed by atoms with Gasteiger partial charge in [-0.1, -0.05) is 17.7 Å². The van der Waals surface area contributed by atoms with Crippen molar-refractivity contribution in [3.63, 3.8) is 0 Å². The molecule has 0 saturated heterocycles. The lowest BCUT2D eigenvalue weighted by Gasteiger charge is -2.17. The summed E-state index contributed by atoms with van der Waals surface area (Å²) in [4.78, 5) is 11.4. The van der Waals surface area contributed by atoms with Gasteiger partial charge in [-0.05, 0) is 26.8 Å². The Kier molecular flexibility index (Phi) is 1.50. The highest BCUT2D eigenvalue weighted by Crippen LogP contribution is 2.35. The molecule has 0 spiro atoms. The van der Waals surface area contributed by atoms with E-state index in [1.165, 1.54) is 0 Å². The third-order valence-electron chi connectivity index (χ3n) is 2.39. The fourth-order valence-corrected chi connectivity index (χ4v) is 1.68. The van der Waals surface area contributed by atoms with Gasteiger partial charge in [-0.25, -0.2) is 4.79 Å². The van der Waals surface area contributed by atoms with Crippen LogP contribution in [0.4, 0.5) is 0 Å². The van der Waals surface area contributed by atoms with Crippen LogP contribution in [0.25, 0.3) is 0 Å². The standard InChI is InChI=1S/C11H12O2/c1-7-4-5-8-9(6-7)11(2,3)13-10(8)12/h4-6H,1-3H3. The molecule has 0 bridgehead atoms. The van der Waals surface area contributed by atoms with Crippen LogP contribution in [0.15, 0.2) is 18.2 Å². The van der Waals surface area contributed by atoms with Crippen LogP contribution in [0.3, 0.4) is 0 Å². The third kappa shape index (κ3) is 1.13. The van der Waals surface area contributed by atoms with Gasteiger partial charge < -0.3 is 4.74 Å². The average Bonchev–Trinajstić information content (AvgIpc) is 2.23. The van der Waals surface area contributed by atoms with Gasteiger partial charge in [0.2, 0.25) is 0 Å². The average molecular weight is 176 g/mol. The zero-order chi connectivity index (χ0) is 9.64. The number of hydrogen-bond donors (Lipinski definition) is 0. The predicted octanol–water partition coefficient (Wildman–Crippen LogP) is 2.40. The molecule has 1 aromatic rings. The number of carbonyl (C=O) groups is 1. The van der Waals surface area contributed by atoms with Gasteiger partial charge in [0.25, 0.3) is 0 Å². The van der Waals surface area contributed by atoms with Gasteiger partial charge in [0.1, 0.15) is 5.60 Å². The fraction of sp³-hybridized carbons (Fsp3) is 0.364. The van der Waals surface area contributed by atoms with E-state index in [9.17, 15) is 4.79 Å². The van der Waals surface area contributed by atoms with Gasteiger partial charge in [-0.3, -0.25) is 0 Å². The van der Waals surface area contributed by atoms with Crippen LogP contribution in [0.2, 0.25) is 0 Å². The number of fused-ring (bicyclic) bond motifs is 1. The Labute approximate surface area is 77.5 Å². The second-order valence-corrected chi connectivity index (χ2v) is 3.95. The van der Waals surface area contributed by atoms with Gasteiger partial charge in [-0.2, -0.15) is 0 Å². The number of ether oxygens (including phenoxy) is 1. The molecule has 0 aliphatic carbocycles. The molecule has 1 heterocycles. The molecule has 1 aliphatic heterocycles. The smallest absolute Gasteiger partial charge is 0.339 e. The van der Waals surface area contributed by atoms with E-state index in [0.29, 0.717) is 5.56 Å². The molecule has 0 amide bonds. The molecule has 0 fully saturated rings. The van der Waals surface area contributed by atoms with Crippen molar-refractivity contribution in [2.45, 2.75) is 26.4 Å². The number of aryl methyl sites for hydroxylation is 1. The van der Waals surface area contributed by atoms with E-state index in [-0.39, 0.29) is 5.97 Å². The second-order valence-electron chi connectivity index (χ2n) is 3.95. The molecule has 0 aromatic heterocycles. The van der Waals surface area contributed by atoms with Crippen molar-refractivity contribution >= 4 is 5.97 Å². The zero-order valence-electron chi connectivity index (χ0n) is 8.05. The molecular weight excluding hydrogens is 164 g/mol. The maximum Gasteiger partial charge on any atom is 0.339 e. The second kappa shape index (κ2) is 2.34. The van der Waals surface area contributed by atoms with Crippen LogP contribution in [0.1, 0.15) is 35.3 Å². The van der Waals surface area contributed by atoms with Crippen molar-refractivity contribution in [3.8, 4) is 0 Å². The molecule has 0 saturated carbocycles. The van der Waals surface area contributed by atoms with Crippen molar-refractivity contribution in [2.24, 2.45) is 0 Å². The topological polar surface area (TPSA) is 26.3 Å². The summed E-state index contributed by atoms with van der Waals surface area (Å²) in [5.41, 5.74) is 2.40. The van der Waals surface area contributed by atoms with Crippen LogP contribution in [0.5, 0.6) is 0 Å². The molecule has 1 aromatic carbocycles. The first kappa shape index (κ1) is 8.30. The lowest BCUT2D eigenvalue weighted by Crippen LogP contribution is -2.16. The van der Waals surface area contributed by atoms with E-state index in [0.717, 1.165) is 11.1 Å². The lowest BCUT2D eigenvalue weighted by molar-refractivity contribution is 0.00953. The van der Waals surface area contributed by atoms with Crippen molar-refractivity contribution < 1.29 is 9.53 Å². The highest BCUT2D eigenvalue weighted by atomic mass is 16.6. The molecule has 1 aliphatic rings. The quantitative estimate of drug-likeness (QED) is 0.567. The summed E-state index contributed by atoms with van der Waals surface area (Å²) < 4.78 is 5.24. The molecule has 0 atom stereocenters. The summed E-state index contributed by atoms with van der Waals surface area (Å²) in [5, 5.41) is 0. The van der Waals surface area contributed by atoms with Crippen LogP contribution in [0, 0.1) is 6.92 Å². The maximum atomic E-state index is 11.4. The Bertz CT molecular complexity index is 378. The summed E-state index contributed by atoms with van der Waals surface area (Å²) in [5.74, 6) is -0.208. The molecule has 0 N–H and O–H groups in total. The minimum Gasteiger partial charge on any atom is -0.451 e.